The molecule has 0 saturated carbocycles. The van der Waals surface area contributed by atoms with Crippen molar-refractivity contribution in [3.63, 3.8) is 0 Å². The molecule has 0 aliphatic rings. The van der Waals surface area contributed by atoms with Gasteiger partial charge < -0.3 is 0 Å². The first-order valence-corrected chi connectivity index (χ1v) is 2.78. The third-order valence-electron chi connectivity index (χ3n) is 0.878. The molecule has 0 aliphatic heterocycles. The van der Waals surface area contributed by atoms with Gasteiger partial charge >= 0.3 is 0 Å². The zero-order valence-electron chi connectivity index (χ0n) is 5.03. The molecule has 1 nitrogen and oxygen atoms in total. The predicted octanol–water partition coefficient (Wildman–Crippen LogP) is 1.55. The van der Waals surface area contributed by atoms with Gasteiger partial charge in [-0.2, -0.15) is 0 Å². The zero-order chi connectivity index (χ0) is 6.41. The summed E-state index contributed by atoms with van der Waals surface area (Å²) in [5, 5.41) is 0.597. The summed E-state index contributed by atoms with van der Waals surface area (Å²) in [6.45, 7) is 1.83. The van der Waals surface area contributed by atoms with E-state index in [0.29, 0.717) is 18.1 Å². The van der Waals surface area contributed by atoms with Gasteiger partial charge in [0.25, 0.3) is 0 Å². The topological polar surface area (TPSA) is 3.24 Å². The molecule has 0 aromatic heterocycles. The minimum absolute atomic E-state index is 0.215. The van der Waals surface area contributed by atoms with Gasteiger partial charge in [-0.15, -0.1) is 9.60 Å². The van der Waals surface area contributed by atoms with Gasteiger partial charge in [0.1, 0.15) is 0 Å². The lowest BCUT2D eigenvalue weighted by Gasteiger charge is -2.04. The van der Waals surface area contributed by atoms with E-state index in [-0.39, 0.29) is 6.54 Å². The van der Waals surface area contributed by atoms with Crippen LogP contribution in [0.2, 0.25) is 0 Å². The van der Waals surface area contributed by atoms with Crippen LogP contribution in [0.4, 0.5) is 8.87 Å². The van der Waals surface area contributed by atoms with Crippen molar-refractivity contribution in [2.24, 2.45) is 0 Å². The van der Waals surface area contributed by atoms with E-state index in [0.717, 1.165) is 0 Å². The highest BCUT2D eigenvalue weighted by Gasteiger charge is 1.95. The maximum atomic E-state index is 12.0. The third kappa shape index (κ3) is 3.99. The van der Waals surface area contributed by atoms with Crippen LogP contribution in [0, 0.1) is 0 Å². The Hall–Kier alpha value is -0.180. The summed E-state index contributed by atoms with van der Waals surface area (Å²) in [7, 11) is 0. The van der Waals surface area contributed by atoms with Crippen LogP contribution in [-0.2, 0) is 0 Å². The summed E-state index contributed by atoms with van der Waals surface area (Å²) >= 11 is 0. The molecule has 0 N–H and O–H groups in total. The zero-order valence-corrected chi connectivity index (χ0v) is 5.03. The lowest BCUT2D eigenvalue weighted by Crippen LogP contribution is -2.14. The van der Waals surface area contributed by atoms with E-state index in [4.69, 9.17) is 0 Å². The second kappa shape index (κ2) is 4.97. The summed E-state index contributed by atoms with van der Waals surface area (Å²) in [4.78, 5) is 0. The van der Waals surface area contributed by atoms with E-state index in [2.05, 4.69) is 0 Å². The molecule has 0 aromatic rings. The summed E-state index contributed by atoms with van der Waals surface area (Å²) in [5.74, 6) is 0. The summed E-state index contributed by atoms with van der Waals surface area (Å²) < 4.78 is 23.3. The number of hydrogen-bond acceptors (Lipinski definition) is 1. The molecule has 50 valence electrons. The van der Waals surface area contributed by atoms with Crippen molar-refractivity contribution in [1.29, 1.82) is 0 Å². The molecule has 0 saturated heterocycles. The van der Waals surface area contributed by atoms with Gasteiger partial charge in [0.2, 0.25) is 0 Å². The van der Waals surface area contributed by atoms with E-state index < -0.39 is 6.67 Å². The van der Waals surface area contributed by atoms with E-state index in [1.165, 1.54) is 0 Å². The monoisotopic (exact) mass is 123 g/mol. The minimum atomic E-state index is -0.430. The standard InChI is InChI=1S/C5H11F2N/c1-2-8(7)5-3-4-6/h2-5H2,1H3. The van der Waals surface area contributed by atoms with Crippen LogP contribution in [-0.4, -0.2) is 24.9 Å². The van der Waals surface area contributed by atoms with Crippen molar-refractivity contribution < 1.29 is 8.87 Å². The highest BCUT2D eigenvalue weighted by atomic mass is 19.2. The van der Waals surface area contributed by atoms with Crippen molar-refractivity contribution in [1.82, 2.24) is 5.12 Å². The Morgan fingerprint density at radius 3 is 2.50 bits per heavy atom. The van der Waals surface area contributed by atoms with Gasteiger partial charge in [0.15, 0.2) is 0 Å². The number of alkyl halides is 1. The van der Waals surface area contributed by atoms with Crippen LogP contribution in [0.15, 0.2) is 0 Å². The Bertz CT molecular complexity index is 49.7. The van der Waals surface area contributed by atoms with Crippen molar-refractivity contribution in [3.8, 4) is 0 Å². The van der Waals surface area contributed by atoms with Gasteiger partial charge in [-0.25, -0.2) is 0 Å². The van der Waals surface area contributed by atoms with Crippen LogP contribution in [0.25, 0.3) is 0 Å². The summed E-state index contributed by atoms with van der Waals surface area (Å²) in [6, 6.07) is 0. The van der Waals surface area contributed by atoms with Crippen LogP contribution in [0.5, 0.6) is 0 Å². The summed E-state index contributed by atoms with van der Waals surface area (Å²) in [5.41, 5.74) is 0. The molecule has 0 atom stereocenters. The first-order valence-electron chi connectivity index (χ1n) is 2.78. The second-order valence-corrected chi connectivity index (χ2v) is 1.55. The largest absolute Gasteiger partial charge is 0.251 e. The van der Waals surface area contributed by atoms with Gasteiger partial charge in [-0.1, -0.05) is 0 Å². The molecule has 0 radical (unpaired) electrons. The average Bonchev–Trinajstić information content (AvgIpc) is 1.83. The molecular formula is C5H11F2N. The van der Waals surface area contributed by atoms with E-state index in [1.807, 2.05) is 0 Å². The van der Waals surface area contributed by atoms with Crippen LogP contribution >= 0.6 is 0 Å². The van der Waals surface area contributed by atoms with E-state index >= 15 is 0 Å². The Labute approximate surface area is 48.2 Å². The molecule has 0 rings (SSSR count). The molecule has 0 aromatic carbocycles. The molecule has 0 unspecified atom stereocenters. The maximum Gasteiger partial charge on any atom is 0.0907 e. The Morgan fingerprint density at radius 1 is 1.50 bits per heavy atom. The number of hydrogen-bond donors (Lipinski definition) is 0. The number of halogens is 2. The van der Waals surface area contributed by atoms with Gasteiger partial charge in [0, 0.05) is 13.1 Å². The number of rotatable bonds is 4. The van der Waals surface area contributed by atoms with Crippen molar-refractivity contribution in [3.05, 3.63) is 0 Å². The molecule has 0 spiro atoms. The third-order valence-corrected chi connectivity index (χ3v) is 0.878. The Morgan fingerprint density at radius 2 is 2.12 bits per heavy atom. The van der Waals surface area contributed by atoms with Crippen LogP contribution in [0.3, 0.4) is 0 Å². The van der Waals surface area contributed by atoms with Crippen LogP contribution < -0.4 is 0 Å². The Kier molecular flexibility index (Phi) is 4.85. The van der Waals surface area contributed by atoms with E-state index in [9.17, 15) is 8.87 Å². The maximum absolute atomic E-state index is 12.0. The highest BCUT2D eigenvalue weighted by Crippen LogP contribution is 1.90. The first-order chi connectivity index (χ1) is 3.81. The van der Waals surface area contributed by atoms with Crippen molar-refractivity contribution in [2.75, 3.05) is 19.8 Å². The average molecular weight is 123 g/mol. The fourth-order valence-electron chi connectivity index (χ4n) is 0.389. The molecule has 0 heterocycles. The quantitative estimate of drug-likeness (QED) is 0.513. The second-order valence-electron chi connectivity index (χ2n) is 1.55. The molecule has 8 heavy (non-hydrogen) atoms. The molecule has 0 amide bonds. The molecule has 0 bridgehead atoms. The minimum Gasteiger partial charge on any atom is -0.251 e. The molecule has 0 aliphatic carbocycles. The normalized spacial score (nSPS) is 10.5. The fourth-order valence-corrected chi connectivity index (χ4v) is 0.389. The smallest absolute Gasteiger partial charge is 0.0907 e. The van der Waals surface area contributed by atoms with E-state index in [1.54, 1.807) is 6.92 Å². The highest BCUT2D eigenvalue weighted by molar-refractivity contribution is 4.39. The summed E-state index contributed by atoms with van der Waals surface area (Å²) in [6.07, 6.45) is 0.296. The molecular weight excluding hydrogens is 112 g/mol. The van der Waals surface area contributed by atoms with Gasteiger partial charge in [-0.3, -0.25) is 4.39 Å². The number of nitrogens with zero attached hydrogens (tertiary/aromatic N) is 1. The predicted molar refractivity (Wildman–Crippen MR) is 28.9 cm³/mol. The molecule has 0 fully saturated rings. The van der Waals surface area contributed by atoms with Crippen molar-refractivity contribution in [2.45, 2.75) is 13.3 Å². The van der Waals surface area contributed by atoms with Crippen LogP contribution in [0.1, 0.15) is 13.3 Å². The van der Waals surface area contributed by atoms with Gasteiger partial charge in [-0.05, 0) is 13.3 Å². The van der Waals surface area contributed by atoms with Crippen molar-refractivity contribution >= 4 is 0 Å². The SMILES string of the molecule is CCN(F)CCCF. The molecule has 3 heteroatoms. The lowest BCUT2D eigenvalue weighted by molar-refractivity contribution is 0.0290. The first kappa shape index (κ1) is 7.82. The fraction of sp³-hybridized carbons (Fsp3) is 1.00. The Balaban J connectivity index is 2.86. The lowest BCUT2D eigenvalue weighted by atomic mass is 10.4. The van der Waals surface area contributed by atoms with Gasteiger partial charge in [0.05, 0.1) is 6.67 Å².